The minimum absolute atomic E-state index is 0.207. The maximum atomic E-state index is 9.29. The van der Waals surface area contributed by atoms with Gasteiger partial charge in [0, 0.05) is 23.0 Å². The summed E-state index contributed by atoms with van der Waals surface area (Å²) in [6.45, 7) is 2.33. The van der Waals surface area contributed by atoms with Crippen molar-refractivity contribution in [2.75, 3.05) is 18.6 Å². The molecular formula is C11H14ClNOS. The molecule has 0 bridgehead atoms. The maximum Gasteiger partial charge on any atom is 0.0573 e. The lowest BCUT2D eigenvalue weighted by Gasteiger charge is -2.38. The van der Waals surface area contributed by atoms with E-state index in [1.54, 1.807) is 11.8 Å². The lowest BCUT2D eigenvalue weighted by atomic mass is 10.1. The Morgan fingerprint density at radius 1 is 1.53 bits per heavy atom. The van der Waals surface area contributed by atoms with Crippen LogP contribution in [0.2, 0.25) is 5.02 Å². The summed E-state index contributed by atoms with van der Waals surface area (Å²) in [6, 6.07) is 6.22. The monoisotopic (exact) mass is 243 g/mol. The molecule has 2 unspecified atom stereocenters. The summed E-state index contributed by atoms with van der Waals surface area (Å²) in [5.74, 6) is 0. The molecule has 0 aromatic heterocycles. The molecule has 0 radical (unpaired) electrons. The predicted octanol–water partition coefficient (Wildman–Crippen LogP) is 2.63. The van der Waals surface area contributed by atoms with Crippen molar-refractivity contribution in [1.29, 1.82) is 0 Å². The molecule has 1 aromatic rings. The molecule has 0 fully saturated rings. The standard InChI is InChI=1S/C11H14ClNOS/c1-7-11(6-14)15-10-4-3-8(12)5-9(10)13(7)2/h3-5,7,11,14H,6H2,1-2H3. The van der Waals surface area contributed by atoms with Gasteiger partial charge in [-0.1, -0.05) is 11.6 Å². The van der Waals surface area contributed by atoms with E-state index in [2.05, 4.69) is 11.8 Å². The molecule has 2 nitrogen and oxygen atoms in total. The van der Waals surface area contributed by atoms with E-state index in [0.717, 1.165) is 10.7 Å². The topological polar surface area (TPSA) is 23.5 Å². The number of halogens is 1. The second-order valence-electron chi connectivity index (χ2n) is 3.80. The lowest BCUT2D eigenvalue weighted by molar-refractivity contribution is 0.282. The minimum Gasteiger partial charge on any atom is -0.395 e. The number of rotatable bonds is 1. The second-order valence-corrected chi connectivity index (χ2v) is 5.52. The van der Waals surface area contributed by atoms with E-state index in [1.165, 1.54) is 4.90 Å². The van der Waals surface area contributed by atoms with Crippen molar-refractivity contribution in [3.63, 3.8) is 0 Å². The van der Waals surface area contributed by atoms with Gasteiger partial charge in [0.25, 0.3) is 0 Å². The third-order valence-electron chi connectivity index (χ3n) is 2.91. The van der Waals surface area contributed by atoms with E-state index in [4.69, 9.17) is 11.6 Å². The molecule has 1 heterocycles. The first kappa shape index (κ1) is 11.1. The van der Waals surface area contributed by atoms with Crippen LogP contribution in [-0.2, 0) is 0 Å². The molecule has 0 amide bonds. The number of aliphatic hydroxyl groups excluding tert-OH is 1. The van der Waals surface area contributed by atoms with Gasteiger partial charge < -0.3 is 10.0 Å². The summed E-state index contributed by atoms with van der Waals surface area (Å²) < 4.78 is 0. The van der Waals surface area contributed by atoms with Crippen LogP contribution in [0.5, 0.6) is 0 Å². The zero-order valence-corrected chi connectivity index (χ0v) is 10.3. The number of aliphatic hydroxyl groups is 1. The number of nitrogens with zero attached hydrogens (tertiary/aromatic N) is 1. The molecule has 82 valence electrons. The summed E-state index contributed by atoms with van der Waals surface area (Å²) >= 11 is 7.70. The summed E-state index contributed by atoms with van der Waals surface area (Å²) in [5.41, 5.74) is 1.16. The Morgan fingerprint density at radius 2 is 2.27 bits per heavy atom. The predicted molar refractivity (Wildman–Crippen MR) is 66.0 cm³/mol. The smallest absolute Gasteiger partial charge is 0.0573 e. The third-order valence-corrected chi connectivity index (χ3v) is 4.59. The van der Waals surface area contributed by atoms with Gasteiger partial charge in [0.15, 0.2) is 0 Å². The van der Waals surface area contributed by atoms with Gasteiger partial charge >= 0.3 is 0 Å². The average Bonchev–Trinajstić information content (AvgIpc) is 2.24. The molecule has 0 saturated heterocycles. The Bertz CT molecular complexity index is 372. The number of thioether (sulfide) groups is 1. The molecule has 0 saturated carbocycles. The van der Waals surface area contributed by atoms with Gasteiger partial charge in [0.1, 0.15) is 0 Å². The van der Waals surface area contributed by atoms with E-state index >= 15 is 0 Å². The van der Waals surface area contributed by atoms with Gasteiger partial charge in [0.2, 0.25) is 0 Å². The van der Waals surface area contributed by atoms with Crippen LogP contribution in [0.15, 0.2) is 23.1 Å². The fraction of sp³-hybridized carbons (Fsp3) is 0.455. The van der Waals surface area contributed by atoms with Gasteiger partial charge in [-0.3, -0.25) is 0 Å². The van der Waals surface area contributed by atoms with Crippen LogP contribution in [0.25, 0.3) is 0 Å². The number of hydrogen-bond acceptors (Lipinski definition) is 3. The van der Waals surface area contributed by atoms with Gasteiger partial charge in [-0.25, -0.2) is 0 Å². The van der Waals surface area contributed by atoms with Crippen molar-refractivity contribution in [3.05, 3.63) is 23.2 Å². The summed E-state index contributed by atoms with van der Waals surface area (Å²) in [4.78, 5) is 3.37. The molecule has 1 N–H and O–H groups in total. The van der Waals surface area contributed by atoms with Crippen molar-refractivity contribution in [2.24, 2.45) is 0 Å². The van der Waals surface area contributed by atoms with Crippen molar-refractivity contribution in [1.82, 2.24) is 0 Å². The fourth-order valence-electron chi connectivity index (χ4n) is 1.79. The minimum atomic E-state index is 0.207. The van der Waals surface area contributed by atoms with E-state index < -0.39 is 0 Å². The molecule has 1 aromatic carbocycles. The molecule has 2 atom stereocenters. The first-order valence-electron chi connectivity index (χ1n) is 4.93. The van der Waals surface area contributed by atoms with Crippen LogP contribution in [0, 0.1) is 0 Å². The summed E-state index contributed by atoms with van der Waals surface area (Å²) in [6.07, 6.45) is 0. The van der Waals surface area contributed by atoms with Crippen LogP contribution in [0.1, 0.15) is 6.92 Å². The highest BCUT2D eigenvalue weighted by atomic mass is 35.5. The van der Waals surface area contributed by atoms with Gasteiger partial charge in [-0.15, -0.1) is 11.8 Å². The van der Waals surface area contributed by atoms with Crippen molar-refractivity contribution in [2.45, 2.75) is 23.1 Å². The van der Waals surface area contributed by atoms with Crippen LogP contribution in [0.4, 0.5) is 5.69 Å². The molecule has 1 aliphatic rings. The third kappa shape index (κ3) is 1.96. The first-order chi connectivity index (χ1) is 7.13. The Hall–Kier alpha value is -0.380. The molecule has 1 aliphatic heterocycles. The first-order valence-corrected chi connectivity index (χ1v) is 6.19. The summed E-state index contributed by atoms with van der Waals surface area (Å²) in [5, 5.41) is 10.3. The molecular weight excluding hydrogens is 230 g/mol. The van der Waals surface area contributed by atoms with E-state index in [9.17, 15) is 5.11 Å². The Morgan fingerprint density at radius 3 is 2.93 bits per heavy atom. The van der Waals surface area contributed by atoms with Crippen LogP contribution in [-0.4, -0.2) is 30.1 Å². The highest BCUT2D eigenvalue weighted by Gasteiger charge is 2.29. The Balaban J connectivity index is 2.40. The van der Waals surface area contributed by atoms with Crippen molar-refractivity contribution < 1.29 is 5.11 Å². The quantitative estimate of drug-likeness (QED) is 0.820. The lowest BCUT2D eigenvalue weighted by Crippen LogP contribution is -2.42. The van der Waals surface area contributed by atoms with Crippen LogP contribution in [0.3, 0.4) is 0 Å². The average molecular weight is 244 g/mol. The number of fused-ring (bicyclic) bond motifs is 1. The zero-order chi connectivity index (χ0) is 11.0. The Kier molecular flexibility index (Phi) is 3.14. The van der Waals surface area contributed by atoms with Crippen LogP contribution >= 0.6 is 23.4 Å². The second kappa shape index (κ2) is 4.24. The normalized spacial score (nSPS) is 25.2. The van der Waals surface area contributed by atoms with E-state index in [1.807, 2.05) is 25.2 Å². The van der Waals surface area contributed by atoms with Crippen LogP contribution < -0.4 is 4.90 Å². The van der Waals surface area contributed by atoms with Gasteiger partial charge in [0.05, 0.1) is 17.5 Å². The maximum absolute atomic E-state index is 9.29. The zero-order valence-electron chi connectivity index (χ0n) is 8.77. The Labute approximate surface area is 99.2 Å². The van der Waals surface area contributed by atoms with Gasteiger partial charge in [-0.2, -0.15) is 0 Å². The molecule has 4 heteroatoms. The molecule has 0 aliphatic carbocycles. The molecule has 2 rings (SSSR count). The SMILES string of the molecule is CC1C(CO)Sc2ccc(Cl)cc2N1C. The molecule has 0 spiro atoms. The van der Waals surface area contributed by atoms with E-state index in [0.29, 0.717) is 6.04 Å². The highest BCUT2D eigenvalue weighted by Crippen LogP contribution is 2.41. The number of benzene rings is 1. The number of anilines is 1. The molecule has 15 heavy (non-hydrogen) atoms. The number of hydrogen-bond donors (Lipinski definition) is 1. The van der Waals surface area contributed by atoms with Gasteiger partial charge in [-0.05, 0) is 25.1 Å². The van der Waals surface area contributed by atoms with Crippen molar-refractivity contribution in [3.8, 4) is 0 Å². The fourth-order valence-corrected chi connectivity index (χ4v) is 3.20. The highest BCUT2D eigenvalue weighted by molar-refractivity contribution is 8.00. The van der Waals surface area contributed by atoms with Crippen molar-refractivity contribution >= 4 is 29.1 Å². The van der Waals surface area contributed by atoms with E-state index in [-0.39, 0.29) is 11.9 Å². The summed E-state index contributed by atoms with van der Waals surface area (Å²) in [7, 11) is 2.04. The largest absolute Gasteiger partial charge is 0.395 e.